The largest absolute Gasteiger partial charge is 0.462 e. The minimum Gasteiger partial charge on any atom is -0.462 e. The lowest BCUT2D eigenvalue weighted by molar-refractivity contribution is 0.512. The molecule has 0 amide bonds. The van der Waals surface area contributed by atoms with Crippen molar-refractivity contribution in [2.75, 3.05) is 0 Å². The highest BCUT2D eigenvalue weighted by atomic mass is 16.2. The maximum absolute atomic E-state index is 8.27. The molecule has 0 saturated carbocycles. The summed E-state index contributed by atoms with van der Waals surface area (Å²) < 4.78 is 0. The van der Waals surface area contributed by atoms with Crippen LogP contribution < -0.4 is 0 Å². The molecule has 0 aromatic heterocycles. The third-order valence-electron chi connectivity index (χ3n) is 1.46. The molecule has 0 aliphatic heterocycles. The fourth-order valence-electron chi connectivity index (χ4n) is 0.804. The number of hydrogen-bond acceptors (Lipinski definition) is 1. The van der Waals surface area contributed by atoms with E-state index in [2.05, 4.69) is 25.8 Å². The molecule has 1 N–H and O–H groups in total. The molecule has 0 saturated heterocycles. The lowest BCUT2D eigenvalue weighted by atomic mass is 10.1. The Balaban J connectivity index is 3.52. The van der Waals surface area contributed by atoms with Crippen LogP contribution in [0.1, 0.15) is 33.6 Å². The second-order valence-electron chi connectivity index (χ2n) is 3.02. The van der Waals surface area contributed by atoms with E-state index in [1.807, 2.05) is 13.0 Å². The highest BCUT2D eigenvalue weighted by Crippen LogP contribution is 2.05. The van der Waals surface area contributed by atoms with Crippen LogP contribution in [0.15, 0.2) is 11.6 Å². The molecule has 0 aliphatic carbocycles. The van der Waals surface area contributed by atoms with Crippen LogP contribution >= 0.6 is 0 Å². The highest BCUT2D eigenvalue weighted by molar-refractivity contribution is 4.98. The van der Waals surface area contributed by atoms with Crippen molar-refractivity contribution in [3.8, 4) is 12.0 Å². The Morgan fingerprint density at radius 1 is 1.55 bits per heavy atom. The van der Waals surface area contributed by atoms with Gasteiger partial charge in [-0.1, -0.05) is 24.5 Å². The van der Waals surface area contributed by atoms with Crippen LogP contribution in [0.5, 0.6) is 0 Å². The van der Waals surface area contributed by atoms with Gasteiger partial charge in [0.1, 0.15) is 6.11 Å². The lowest BCUT2D eigenvalue weighted by Crippen LogP contribution is -1.88. The minimum atomic E-state index is 0.301. The van der Waals surface area contributed by atoms with E-state index in [9.17, 15) is 0 Å². The first-order chi connectivity index (χ1) is 5.16. The Kier molecular flexibility index (Phi) is 5.37. The normalized spacial score (nSPS) is 11.2. The van der Waals surface area contributed by atoms with Crippen LogP contribution in [-0.4, -0.2) is 5.11 Å². The molecule has 0 bridgehead atoms. The van der Waals surface area contributed by atoms with E-state index in [0.717, 1.165) is 12.8 Å². The number of hydrogen-bond donors (Lipinski definition) is 1. The van der Waals surface area contributed by atoms with Crippen LogP contribution in [0.25, 0.3) is 0 Å². The van der Waals surface area contributed by atoms with Crippen LogP contribution in [0.3, 0.4) is 0 Å². The van der Waals surface area contributed by atoms with Gasteiger partial charge in [-0.3, -0.25) is 0 Å². The fraction of sp³-hybridized carbons (Fsp3) is 0.600. The highest BCUT2D eigenvalue weighted by Gasteiger charge is 1.94. The zero-order valence-electron chi connectivity index (χ0n) is 7.52. The molecule has 0 heterocycles. The average molecular weight is 152 g/mol. The molecule has 1 atom stereocenters. The van der Waals surface area contributed by atoms with Gasteiger partial charge in [0, 0.05) is 5.92 Å². The molecule has 1 nitrogen and oxygen atoms in total. The monoisotopic (exact) mass is 152 g/mol. The Morgan fingerprint density at radius 3 is 2.64 bits per heavy atom. The minimum absolute atomic E-state index is 0.301. The number of rotatable bonds is 3. The van der Waals surface area contributed by atoms with E-state index in [4.69, 9.17) is 5.11 Å². The van der Waals surface area contributed by atoms with Crippen molar-refractivity contribution in [3.05, 3.63) is 11.6 Å². The second kappa shape index (κ2) is 5.85. The van der Waals surface area contributed by atoms with Gasteiger partial charge in [0.05, 0.1) is 0 Å². The van der Waals surface area contributed by atoms with Gasteiger partial charge >= 0.3 is 0 Å². The molecule has 0 aromatic rings. The van der Waals surface area contributed by atoms with Gasteiger partial charge in [0.2, 0.25) is 0 Å². The van der Waals surface area contributed by atoms with Crippen LogP contribution in [0.4, 0.5) is 0 Å². The topological polar surface area (TPSA) is 20.2 Å². The first-order valence-corrected chi connectivity index (χ1v) is 3.94. The van der Waals surface area contributed by atoms with Gasteiger partial charge in [-0.2, -0.15) is 0 Å². The molecule has 11 heavy (non-hydrogen) atoms. The van der Waals surface area contributed by atoms with E-state index in [0.29, 0.717) is 5.92 Å². The van der Waals surface area contributed by atoms with Gasteiger partial charge in [-0.05, 0) is 26.7 Å². The summed E-state index contributed by atoms with van der Waals surface area (Å²) in [6.45, 7) is 6.19. The molecule has 1 heteroatoms. The first kappa shape index (κ1) is 10.1. The smallest absolute Gasteiger partial charge is 0.107 e. The molecule has 0 radical (unpaired) electrons. The van der Waals surface area contributed by atoms with Crippen molar-refractivity contribution in [1.29, 1.82) is 0 Å². The Hall–Kier alpha value is -0.900. The summed E-state index contributed by atoms with van der Waals surface area (Å²) in [6, 6.07) is 0. The van der Waals surface area contributed by atoms with Crippen LogP contribution in [0, 0.1) is 17.9 Å². The van der Waals surface area contributed by atoms with Crippen molar-refractivity contribution in [2.24, 2.45) is 5.92 Å². The second-order valence-corrected chi connectivity index (χ2v) is 3.02. The number of allylic oxidation sites excluding steroid dienone is 2. The van der Waals surface area contributed by atoms with Crippen molar-refractivity contribution < 1.29 is 5.11 Å². The van der Waals surface area contributed by atoms with Gasteiger partial charge in [-0.25, -0.2) is 0 Å². The molecule has 0 aromatic carbocycles. The van der Waals surface area contributed by atoms with Crippen LogP contribution in [-0.2, 0) is 0 Å². The van der Waals surface area contributed by atoms with Gasteiger partial charge < -0.3 is 5.11 Å². The fourth-order valence-corrected chi connectivity index (χ4v) is 0.804. The van der Waals surface area contributed by atoms with E-state index in [1.54, 1.807) is 0 Å². The molecule has 1 unspecified atom stereocenters. The summed E-state index contributed by atoms with van der Waals surface area (Å²) >= 11 is 0. The quantitative estimate of drug-likeness (QED) is 0.487. The molecular formula is C10H16O. The van der Waals surface area contributed by atoms with Crippen molar-refractivity contribution in [2.45, 2.75) is 33.6 Å². The zero-order valence-corrected chi connectivity index (χ0v) is 7.52. The Morgan fingerprint density at radius 2 is 2.18 bits per heavy atom. The van der Waals surface area contributed by atoms with Crippen LogP contribution in [0.2, 0.25) is 0 Å². The summed E-state index contributed by atoms with van der Waals surface area (Å²) in [7, 11) is 0. The van der Waals surface area contributed by atoms with Gasteiger partial charge in [0.15, 0.2) is 0 Å². The maximum Gasteiger partial charge on any atom is 0.107 e. The summed E-state index contributed by atoms with van der Waals surface area (Å²) in [5, 5.41) is 8.27. The van der Waals surface area contributed by atoms with Crippen molar-refractivity contribution in [1.82, 2.24) is 0 Å². The first-order valence-electron chi connectivity index (χ1n) is 3.94. The zero-order chi connectivity index (χ0) is 8.69. The number of aliphatic hydroxyl groups excluding tert-OH is 1. The third-order valence-corrected chi connectivity index (χ3v) is 1.46. The van der Waals surface area contributed by atoms with E-state index >= 15 is 0 Å². The van der Waals surface area contributed by atoms with E-state index in [-0.39, 0.29) is 0 Å². The summed E-state index contributed by atoms with van der Waals surface area (Å²) in [5.41, 5.74) is 1.34. The summed E-state index contributed by atoms with van der Waals surface area (Å²) in [5.74, 6) is 3.00. The standard InChI is InChI=1S/C10H16O/c1-9(2)5-4-6-10(3)7-8-11/h5,10-11H,4,6H2,1-3H3. The average Bonchev–Trinajstić information content (AvgIpc) is 1.87. The predicted octanol–water partition coefficient (Wildman–Crippen LogP) is 2.70. The molecule has 0 rings (SSSR count). The molecule has 0 fully saturated rings. The van der Waals surface area contributed by atoms with E-state index in [1.165, 1.54) is 5.57 Å². The van der Waals surface area contributed by atoms with Gasteiger partial charge in [0.25, 0.3) is 0 Å². The summed E-state index contributed by atoms with van der Waals surface area (Å²) in [4.78, 5) is 0. The molecular weight excluding hydrogens is 136 g/mol. The van der Waals surface area contributed by atoms with Crippen molar-refractivity contribution >= 4 is 0 Å². The van der Waals surface area contributed by atoms with Crippen molar-refractivity contribution in [3.63, 3.8) is 0 Å². The molecule has 62 valence electrons. The Labute approximate surface area is 69.1 Å². The number of aliphatic hydroxyl groups is 1. The summed E-state index contributed by atoms with van der Waals surface area (Å²) in [6.07, 6.45) is 6.21. The predicted molar refractivity (Wildman–Crippen MR) is 47.5 cm³/mol. The van der Waals surface area contributed by atoms with E-state index < -0.39 is 0 Å². The third kappa shape index (κ3) is 6.99. The lowest BCUT2D eigenvalue weighted by Gasteiger charge is -1.98. The maximum atomic E-state index is 8.27. The molecule has 0 aliphatic rings. The molecule has 0 spiro atoms. The Bertz CT molecular complexity index is 177. The SMILES string of the molecule is CC(C)=CCCC(C)C#CO. The van der Waals surface area contributed by atoms with Gasteiger partial charge in [-0.15, -0.1) is 0 Å².